The highest BCUT2D eigenvalue weighted by atomic mass is 16.2. The molecule has 0 aliphatic heterocycles. The van der Waals surface area contributed by atoms with E-state index in [1.54, 1.807) is 0 Å². The Morgan fingerprint density at radius 3 is 3.06 bits per heavy atom. The van der Waals surface area contributed by atoms with Crippen molar-refractivity contribution in [1.82, 2.24) is 20.5 Å². The number of aromatic nitrogens is 3. The molecule has 0 saturated carbocycles. The van der Waals surface area contributed by atoms with Crippen LogP contribution in [0.4, 0.5) is 0 Å². The zero-order valence-electron chi connectivity index (χ0n) is 10.1. The van der Waals surface area contributed by atoms with Gasteiger partial charge in [0.1, 0.15) is 12.2 Å². The average Bonchev–Trinajstić information content (AvgIpc) is 2.84. The Kier molecular flexibility index (Phi) is 2.59. The molecular weight excluding hydrogens is 228 g/mol. The SMILES string of the molecule is CC(NC(=O)C1Cc2ccccc21)c1ncn[nH]1. The Labute approximate surface area is 105 Å². The van der Waals surface area contributed by atoms with E-state index in [9.17, 15) is 4.79 Å². The number of amides is 1. The van der Waals surface area contributed by atoms with Gasteiger partial charge in [-0.25, -0.2) is 4.98 Å². The number of hydrogen-bond donors (Lipinski definition) is 2. The zero-order chi connectivity index (χ0) is 12.5. The van der Waals surface area contributed by atoms with Gasteiger partial charge in [-0.2, -0.15) is 5.10 Å². The number of carbonyl (C=O) groups excluding carboxylic acids is 1. The lowest BCUT2D eigenvalue weighted by molar-refractivity contribution is -0.123. The van der Waals surface area contributed by atoms with Gasteiger partial charge in [0.2, 0.25) is 5.91 Å². The molecule has 0 fully saturated rings. The number of aromatic amines is 1. The molecule has 0 bridgehead atoms. The fourth-order valence-electron chi connectivity index (χ4n) is 2.30. The minimum Gasteiger partial charge on any atom is -0.346 e. The highest BCUT2D eigenvalue weighted by Gasteiger charge is 2.32. The van der Waals surface area contributed by atoms with Crippen LogP contribution in [0.3, 0.4) is 0 Å². The molecule has 5 heteroatoms. The van der Waals surface area contributed by atoms with E-state index in [1.807, 2.05) is 25.1 Å². The minimum absolute atomic E-state index is 0.0217. The summed E-state index contributed by atoms with van der Waals surface area (Å²) in [7, 11) is 0. The molecule has 2 N–H and O–H groups in total. The molecule has 1 heterocycles. The number of benzene rings is 1. The van der Waals surface area contributed by atoms with E-state index in [0.29, 0.717) is 5.82 Å². The first-order valence-electron chi connectivity index (χ1n) is 5.99. The first-order valence-corrected chi connectivity index (χ1v) is 5.99. The van der Waals surface area contributed by atoms with Crippen LogP contribution in [0.2, 0.25) is 0 Å². The normalized spacial score (nSPS) is 18.6. The van der Waals surface area contributed by atoms with Gasteiger partial charge in [0.15, 0.2) is 0 Å². The second-order valence-corrected chi connectivity index (χ2v) is 4.56. The maximum Gasteiger partial charge on any atom is 0.228 e. The van der Waals surface area contributed by atoms with E-state index in [4.69, 9.17) is 0 Å². The summed E-state index contributed by atoms with van der Waals surface area (Å²) >= 11 is 0. The fraction of sp³-hybridized carbons (Fsp3) is 0.308. The standard InChI is InChI=1S/C13H14N4O/c1-8(12-14-7-15-17-12)16-13(18)11-6-9-4-2-3-5-10(9)11/h2-5,7-8,11H,6H2,1H3,(H,16,18)(H,14,15,17). The summed E-state index contributed by atoms with van der Waals surface area (Å²) < 4.78 is 0. The summed E-state index contributed by atoms with van der Waals surface area (Å²) in [6.07, 6.45) is 2.27. The Bertz CT molecular complexity index is 564. The molecule has 92 valence electrons. The van der Waals surface area contributed by atoms with Crippen molar-refractivity contribution >= 4 is 5.91 Å². The van der Waals surface area contributed by atoms with Crippen LogP contribution >= 0.6 is 0 Å². The van der Waals surface area contributed by atoms with Crippen molar-refractivity contribution in [3.05, 3.63) is 47.5 Å². The largest absolute Gasteiger partial charge is 0.346 e. The Morgan fingerprint density at radius 2 is 2.33 bits per heavy atom. The monoisotopic (exact) mass is 242 g/mol. The molecule has 2 atom stereocenters. The van der Waals surface area contributed by atoms with Crippen molar-refractivity contribution in [3.63, 3.8) is 0 Å². The summed E-state index contributed by atoms with van der Waals surface area (Å²) in [4.78, 5) is 16.2. The van der Waals surface area contributed by atoms with Gasteiger partial charge < -0.3 is 5.32 Å². The van der Waals surface area contributed by atoms with Crippen LogP contribution in [0.25, 0.3) is 0 Å². The smallest absolute Gasteiger partial charge is 0.228 e. The van der Waals surface area contributed by atoms with E-state index < -0.39 is 0 Å². The maximum atomic E-state index is 12.1. The van der Waals surface area contributed by atoms with Crippen molar-refractivity contribution < 1.29 is 4.79 Å². The molecule has 1 aliphatic rings. The molecule has 0 spiro atoms. The Balaban J connectivity index is 1.67. The molecule has 5 nitrogen and oxygen atoms in total. The summed E-state index contributed by atoms with van der Waals surface area (Å²) in [5.41, 5.74) is 2.41. The number of hydrogen-bond acceptors (Lipinski definition) is 3. The summed E-state index contributed by atoms with van der Waals surface area (Å²) in [6, 6.07) is 7.91. The third kappa shape index (κ3) is 1.77. The number of carbonyl (C=O) groups is 1. The number of H-pyrrole nitrogens is 1. The maximum absolute atomic E-state index is 12.1. The third-order valence-corrected chi connectivity index (χ3v) is 3.37. The second-order valence-electron chi connectivity index (χ2n) is 4.56. The topological polar surface area (TPSA) is 70.7 Å². The number of nitrogens with zero attached hydrogens (tertiary/aromatic N) is 2. The van der Waals surface area contributed by atoms with Crippen molar-refractivity contribution in [2.75, 3.05) is 0 Å². The molecule has 2 aromatic rings. The zero-order valence-corrected chi connectivity index (χ0v) is 10.1. The first kappa shape index (κ1) is 11.0. The van der Waals surface area contributed by atoms with Crippen LogP contribution in [-0.4, -0.2) is 21.1 Å². The van der Waals surface area contributed by atoms with Gasteiger partial charge in [-0.1, -0.05) is 24.3 Å². The van der Waals surface area contributed by atoms with Gasteiger partial charge in [0, 0.05) is 0 Å². The quantitative estimate of drug-likeness (QED) is 0.852. The molecule has 3 rings (SSSR count). The van der Waals surface area contributed by atoms with Gasteiger partial charge in [-0.15, -0.1) is 0 Å². The second kappa shape index (κ2) is 4.25. The lowest BCUT2D eigenvalue weighted by atomic mass is 9.77. The Hall–Kier alpha value is -2.17. The molecular formula is C13H14N4O. The molecule has 0 radical (unpaired) electrons. The molecule has 1 aromatic carbocycles. The first-order chi connectivity index (χ1) is 8.75. The summed E-state index contributed by atoms with van der Waals surface area (Å²) in [6.45, 7) is 1.89. The minimum atomic E-state index is -0.146. The van der Waals surface area contributed by atoms with Gasteiger partial charge >= 0.3 is 0 Å². The Morgan fingerprint density at radius 1 is 1.50 bits per heavy atom. The van der Waals surface area contributed by atoms with Crippen LogP contribution in [0, 0.1) is 0 Å². The van der Waals surface area contributed by atoms with Crippen LogP contribution in [0.15, 0.2) is 30.6 Å². The molecule has 1 amide bonds. The van der Waals surface area contributed by atoms with Gasteiger partial charge in [0.05, 0.1) is 12.0 Å². The van der Waals surface area contributed by atoms with Crippen LogP contribution in [0.5, 0.6) is 0 Å². The van der Waals surface area contributed by atoms with Crippen LogP contribution in [-0.2, 0) is 11.2 Å². The molecule has 1 aliphatic carbocycles. The lowest BCUT2D eigenvalue weighted by Crippen LogP contribution is -2.37. The number of fused-ring (bicyclic) bond motifs is 1. The van der Waals surface area contributed by atoms with E-state index >= 15 is 0 Å². The van der Waals surface area contributed by atoms with Crippen molar-refractivity contribution in [1.29, 1.82) is 0 Å². The molecule has 1 aromatic heterocycles. The highest BCUT2D eigenvalue weighted by molar-refractivity contribution is 5.87. The van der Waals surface area contributed by atoms with Gasteiger partial charge in [-0.3, -0.25) is 9.89 Å². The van der Waals surface area contributed by atoms with Gasteiger partial charge in [0.25, 0.3) is 0 Å². The van der Waals surface area contributed by atoms with Crippen LogP contribution < -0.4 is 5.32 Å². The highest BCUT2D eigenvalue weighted by Crippen LogP contribution is 2.35. The van der Waals surface area contributed by atoms with E-state index in [0.717, 1.165) is 12.0 Å². The van der Waals surface area contributed by atoms with Crippen LogP contribution in [0.1, 0.15) is 35.8 Å². The molecule has 0 saturated heterocycles. The van der Waals surface area contributed by atoms with E-state index in [2.05, 4.69) is 26.6 Å². The number of rotatable bonds is 3. The molecule has 18 heavy (non-hydrogen) atoms. The average molecular weight is 242 g/mol. The molecule has 2 unspecified atom stereocenters. The predicted octanol–water partition coefficient (Wildman–Crippen LogP) is 1.32. The predicted molar refractivity (Wildman–Crippen MR) is 65.8 cm³/mol. The lowest BCUT2D eigenvalue weighted by Gasteiger charge is -2.29. The van der Waals surface area contributed by atoms with Gasteiger partial charge in [-0.05, 0) is 24.5 Å². The summed E-state index contributed by atoms with van der Waals surface area (Å²) in [5, 5.41) is 9.49. The van der Waals surface area contributed by atoms with Crippen molar-refractivity contribution in [2.45, 2.75) is 25.3 Å². The number of nitrogens with one attached hydrogen (secondary N) is 2. The third-order valence-electron chi connectivity index (χ3n) is 3.37. The van der Waals surface area contributed by atoms with Crippen molar-refractivity contribution in [3.8, 4) is 0 Å². The van der Waals surface area contributed by atoms with Crippen molar-refractivity contribution in [2.24, 2.45) is 0 Å². The summed E-state index contributed by atoms with van der Waals surface area (Å²) in [5.74, 6) is 0.708. The van der Waals surface area contributed by atoms with E-state index in [1.165, 1.54) is 11.9 Å². The fourth-order valence-corrected chi connectivity index (χ4v) is 2.30. The van der Waals surface area contributed by atoms with E-state index in [-0.39, 0.29) is 17.9 Å².